The summed E-state index contributed by atoms with van der Waals surface area (Å²) < 4.78 is 0. The maximum atomic E-state index is 5.63. The molecule has 0 aliphatic heterocycles. The third-order valence-corrected chi connectivity index (χ3v) is 2.54. The highest BCUT2D eigenvalue weighted by Gasteiger charge is 2.23. The van der Waals surface area contributed by atoms with Gasteiger partial charge in [-0.1, -0.05) is 6.92 Å². The molecule has 0 saturated heterocycles. The summed E-state index contributed by atoms with van der Waals surface area (Å²) in [5, 5.41) is 0. The summed E-state index contributed by atoms with van der Waals surface area (Å²) >= 11 is 5.63. The fourth-order valence-electron chi connectivity index (χ4n) is 1.33. The van der Waals surface area contributed by atoms with Crippen LogP contribution in [-0.4, -0.2) is 30.4 Å². The maximum absolute atomic E-state index is 5.63. The molecule has 1 rings (SSSR count). The van der Waals surface area contributed by atoms with Crippen LogP contribution >= 0.6 is 11.6 Å². The molecule has 2 heteroatoms. The minimum Gasteiger partial charge on any atom is -0.303 e. The fraction of sp³-hybridized carbons (Fsp3) is 1.00. The Kier molecular flexibility index (Phi) is 4.24. The van der Waals surface area contributed by atoms with Crippen molar-refractivity contribution < 1.29 is 0 Å². The van der Waals surface area contributed by atoms with E-state index in [1.54, 1.807) is 0 Å². The first-order chi connectivity index (χ1) is 5.36. The number of rotatable bonds is 6. The summed E-state index contributed by atoms with van der Waals surface area (Å²) in [6, 6.07) is 0. The van der Waals surface area contributed by atoms with E-state index in [1.807, 2.05) is 0 Å². The molecule has 11 heavy (non-hydrogen) atoms. The molecule has 0 heterocycles. The molecule has 0 aromatic rings. The molecule has 0 N–H and O–H groups in total. The number of hydrogen-bond acceptors (Lipinski definition) is 1. The Balaban J connectivity index is 2.02. The van der Waals surface area contributed by atoms with Gasteiger partial charge in [-0.25, -0.2) is 0 Å². The molecular weight excluding hydrogens is 158 g/mol. The number of hydrogen-bond donors (Lipinski definition) is 0. The zero-order chi connectivity index (χ0) is 8.10. The summed E-state index contributed by atoms with van der Waals surface area (Å²) in [6.07, 6.45) is 4.05. The van der Waals surface area contributed by atoms with Crippen LogP contribution in [0.25, 0.3) is 0 Å². The SMILES string of the molecule is CCN(CCCCl)CC1CC1. The first-order valence-electron chi connectivity index (χ1n) is 4.65. The van der Waals surface area contributed by atoms with Gasteiger partial charge in [-0.2, -0.15) is 0 Å². The Morgan fingerprint density at radius 1 is 1.45 bits per heavy atom. The molecule has 0 unspecified atom stereocenters. The summed E-state index contributed by atoms with van der Waals surface area (Å²) in [5.74, 6) is 1.83. The van der Waals surface area contributed by atoms with Crippen LogP contribution in [0, 0.1) is 5.92 Å². The van der Waals surface area contributed by atoms with Crippen molar-refractivity contribution in [1.82, 2.24) is 4.90 Å². The molecule has 1 nitrogen and oxygen atoms in total. The lowest BCUT2D eigenvalue weighted by Gasteiger charge is -2.18. The van der Waals surface area contributed by atoms with Gasteiger partial charge in [-0.3, -0.25) is 0 Å². The van der Waals surface area contributed by atoms with Gasteiger partial charge < -0.3 is 4.90 Å². The predicted molar refractivity (Wildman–Crippen MR) is 50.2 cm³/mol. The quantitative estimate of drug-likeness (QED) is 0.561. The fourth-order valence-corrected chi connectivity index (χ4v) is 1.45. The van der Waals surface area contributed by atoms with Crippen LogP contribution in [0.15, 0.2) is 0 Å². The van der Waals surface area contributed by atoms with Gasteiger partial charge in [0.2, 0.25) is 0 Å². The molecular formula is C9H18ClN. The number of alkyl halides is 1. The maximum Gasteiger partial charge on any atom is 0.0235 e. The average Bonchev–Trinajstić information content (AvgIpc) is 2.81. The molecule has 0 aromatic carbocycles. The summed E-state index contributed by atoms with van der Waals surface area (Å²) in [5.41, 5.74) is 0. The lowest BCUT2D eigenvalue weighted by molar-refractivity contribution is 0.278. The predicted octanol–water partition coefficient (Wildman–Crippen LogP) is 2.35. The van der Waals surface area contributed by atoms with Crippen molar-refractivity contribution in [1.29, 1.82) is 0 Å². The Labute approximate surface area is 74.7 Å². The molecule has 0 aromatic heterocycles. The first kappa shape index (κ1) is 9.34. The third kappa shape index (κ3) is 3.97. The van der Waals surface area contributed by atoms with Gasteiger partial charge in [-0.15, -0.1) is 11.6 Å². The largest absolute Gasteiger partial charge is 0.303 e. The van der Waals surface area contributed by atoms with Gasteiger partial charge >= 0.3 is 0 Å². The second-order valence-corrected chi connectivity index (χ2v) is 3.76. The molecule has 1 saturated carbocycles. The third-order valence-electron chi connectivity index (χ3n) is 2.27. The van der Waals surface area contributed by atoms with Crippen molar-refractivity contribution >= 4 is 11.6 Å². The zero-order valence-electron chi connectivity index (χ0n) is 7.35. The van der Waals surface area contributed by atoms with E-state index in [0.29, 0.717) is 0 Å². The van der Waals surface area contributed by atoms with Crippen LogP contribution in [0.4, 0.5) is 0 Å². The van der Waals surface area contributed by atoms with E-state index in [9.17, 15) is 0 Å². The summed E-state index contributed by atoms with van der Waals surface area (Å²) in [4.78, 5) is 2.51. The van der Waals surface area contributed by atoms with Crippen LogP contribution in [0.5, 0.6) is 0 Å². The molecule has 66 valence electrons. The molecule has 0 bridgehead atoms. The normalized spacial score (nSPS) is 17.7. The number of halogens is 1. The summed E-state index contributed by atoms with van der Waals surface area (Å²) in [6.45, 7) is 5.92. The molecule has 1 aliphatic carbocycles. The van der Waals surface area contributed by atoms with Crippen molar-refractivity contribution in [2.45, 2.75) is 26.2 Å². The van der Waals surface area contributed by atoms with Crippen LogP contribution in [0.2, 0.25) is 0 Å². The standard InChI is InChI=1S/C9H18ClN/c1-2-11(7-3-6-10)8-9-4-5-9/h9H,2-8H2,1H3. The molecule has 0 radical (unpaired) electrons. The van der Waals surface area contributed by atoms with E-state index in [0.717, 1.165) is 18.2 Å². The van der Waals surface area contributed by atoms with E-state index in [-0.39, 0.29) is 0 Å². The zero-order valence-corrected chi connectivity index (χ0v) is 8.11. The van der Waals surface area contributed by atoms with Crippen molar-refractivity contribution in [3.63, 3.8) is 0 Å². The van der Waals surface area contributed by atoms with Gasteiger partial charge in [0, 0.05) is 12.4 Å². The first-order valence-corrected chi connectivity index (χ1v) is 5.18. The van der Waals surface area contributed by atoms with Gasteiger partial charge in [-0.05, 0) is 38.3 Å². The van der Waals surface area contributed by atoms with Crippen LogP contribution in [0.3, 0.4) is 0 Å². The Hall–Kier alpha value is 0.250. The van der Waals surface area contributed by atoms with E-state index in [1.165, 1.54) is 32.5 Å². The molecule has 0 amide bonds. The molecule has 0 spiro atoms. The highest BCUT2D eigenvalue weighted by atomic mass is 35.5. The smallest absolute Gasteiger partial charge is 0.0235 e. The topological polar surface area (TPSA) is 3.24 Å². The van der Waals surface area contributed by atoms with Crippen molar-refractivity contribution in [3.05, 3.63) is 0 Å². The van der Waals surface area contributed by atoms with Gasteiger partial charge in [0.05, 0.1) is 0 Å². The monoisotopic (exact) mass is 175 g/mol. The Bertz CT molecular complexity index is 102. The van der Waals surface area contributed by atoms with Crippen LogP contribution < -0.4 is 0 Å². The summed E-state index contributed by atoms with van der Waals surface area (Å²) in [7, 11) is 0. The average molecular weight is 176 g/mol. The minimum absolute atomic E-state index is 0.807. The highest BCUT2D eigenvalue weighted by molar-refractivity contribution is 6.17. The second-order valence-electron chi connectivity index (χ2n) is 3.38. The lowest BCUT2D eigenvalue weighted by Crippen LogP contribution is -2.27. The van der Waals surface area contributed by atoms with Crippen molar-refractivity contribution in [2.75, 3.05) is 25.5 Å². The number of nitrogens with zero attached hydrogens (tertiary/aromatic N) is 1. The van der Waals surface area contributed by atoms with Crippen molar-refractivity contribution in [2.24, 2.45) is 5.92 Å². The Morgan fingerprint density at radius 2 is 2.18 bits per heavy atom. The highest BCUT2D eigenvalue weighted by Crippen LogP contribution is 2.29. The second kappa shape index (κ2) is 5.00. The van der Waals surface area contributed by atoms with Gasteiger partial charge in [0.1, 0.15) is 0 Å². The van der Waals surface area contributed by atoms with E-state index in [2.05, 4.69) is 11.8 Å². The Morgan fingerprint density at radius 3 is 2.64 bits per heavy atom. The van der Waals surface area contributed by atoms with E-state index in [4.69, 9.17) is 11.6 Å². The van der Waals surface area contributed by atoms with E-state index < -0.39 is 0 Å². The van der Waals surface area contributed by atoms with Gasteiger partial charge in [0.15, 0.2) is 0 Å². The van der Waals surface area contributed by atoms with Crippen LogP contribution in [-0.2, 0) is 0 Å². The van der Waals surface area contributed by atoms with Crippen molar-refractivity contribution in [3.8, 4) is 0 Å². The van der Waals surface area contributed by atoms with Gasteiger partial charge in [0.25, 0.3) is 0 Å². The lowest BCUT2D eigenvalue weighted by atomic mass is 10.3. The van der Waals surface area contributed by atoms with Crippen LogP contribution in [0.1, 0.15) is 26.2 Å². The minimum atomic E-state index is 0.807. The molecule has 0 atom stereocenters. The molecule has 1 aliphatic rings. The molecule has 1 fully saturated rings. The van der Waals surface area contributed by atoms with E-state index >= 15 is 0 Å².